The monoisotopic (exact) mass is 295 g/mol. The molecule has 1 amide bonds. The minimum atomic E-state index is -0.525. The number of methoxy groups -OCH3 is 2. The maximum absolute atomic E-state index is 11.9. The molecule has 0 aromatic heterocycles. The molecular weight excluding hydrogens is 274 g/mol. The Morgan fingerprint density at radius 3 is 2.57 bits per heavy atom. The zero-order valence-electron chi connectivity index (χ0n) is 12.8. The van der Waals surface area contributed by atoms with Crippen LogP contribution in [-0.4, -0.2) is 38.3 Å². The van der Waals surface area contributed by atoms with Crippen LogP contribution in [0.2, 0.25) is 0 Å². The van der Waals surface area contributed by atoms with E-state index in [4.69, 9.17) is 9.47 Å². The first-order valence-electron chi connectivity index (χ1n) is 6.51. The molecule has 6 heteroatoms. The number of carbonyl (C=O) groups excluding carboxylic acids is 2. The van der Waals surface area contributed by atoms with Crippen molar-refractivity contribution in [1.82, 2.24) is 0 Å². The van der Waals surface area contributed by atoms with Crippen molar-refractivity contribution in [3.63, 3.8) is 0 Å². The molecule has 0 fully saturated rings. The number of carbonyl (C=O) groups is 2. The van der Waals surface area contributed by atoms with Gasteiger partial charge >= 0.3 is 5.97 Å². The quantitative estimate of drug-likeness (QED) is 0.779. The van der Waals surface area contributed by atoms with Gasteiger partial charge in [0.25, 0.3) is 0 Å². The first kappa shape index (κ1) is 17.0. The number of amides is 1. The summed E-state index contributed by atoms with van der Waals surface area (Å²) in [4.78, 5) is 22.9. The highest BCUT2D eigenvalue weighted by Crippen LogP contribution is 2.19. The first-order chi connectivity index (χ1) is 9.86. The second kappa shape index (κ2) is 7.64. The van der Waals surface area contributed by atoms with E-state index >= 15 is 0 Å². The highest BCUT2D eigenvalue weighted by molar-refractivity contribution is 5.91. The van der Waals surface area contributed by atoms with Gasteiger partial charge in [-0.25, -0.2) is 4.79 Å². The standard InChI is InChI=1S/C15H21NO5/c1-15(2,20-4)9-13(17)16-11-6-5-7-12(8-11)21-10-14(18)19-3/h5-8H,9-10H2,1-4H3,(H,16,17). The number of benzene rings is 1. The van der Waals surface area contributed by atoms with Crippen LogP contribution in [0.4, 0.5) is 5.69 Å². The summed E-state index contributed by atoms with van der Waals surface area (Å²) in [6, 6.07) is 6.80. The SMILES string of the molecule is COC(=O)COc1cccc(NC(=O)CC(C)(C)OC)c1. The summed E-state index contributed by atoms with van der Waals surface area (Å²) in [5.74, 6) is -0.151. The Kier molecular flexibility index (Phi) is 6.17. The summed E-state index contributed by atoms with van der Waals surface area (Å²) < 4.78 is 14.9. The Morgan fingerprint density at radius 1 is 1.24 bits per heavy atom. The summed E-state index contributed by atoms with van der Waals surface area (Å²) in [6.07, 6.45) is 0.233. The summed E-state index contributed by atoms with van der Waals surface area (Å²) in [7, 11) is 2.86. The molecule has 1 aromatic carbocycles. The molecule has 0 aliphatic carbocycles. The van der Waals surface area contributed by atoms with E-state index in [0.29, 0.717) is 11.4 Å². The van der Waals surface area contributed by atoms with E-state index in [9.17, 15) is 9.59 Å². The van der Waals surface area contributed by atoms with Gasteiger partial charge in [-0.2, -0.15) is 0 Å². The number of esters is 1. The molecule has 0 aliphatic heterocycles. The summed E-state index contributed by atoms with van der Waals surface area (Å²) >= 11 is 0. The molecule has 0 heterocycles. The first-order valence-corrected chi connectivity index (χ1v) is 6.51. The van der Waals surface area contributed by atoms with Crippen molar-refractivity contribution < 1.29 is 23.8 Å². The molecule has 6 nitrogen and oxygen atoms in total. The molecule has 1 rings (SSSR count). The van der Waals surface area contributed by atoms with Crippen LogP contribution in [0.3, 0.4) is 0 Å². The predicted octanol–water partition coefficient (Wildman–Crippen LogP) is 1.99. The second-order valence-corrected chi connectivity index (χ2v) is 5.08. The highest BCUT2D eigenvalue weighted by Gasteiger charge is 2.21. The van der Waals surface area contributed by atoms with Crippen molar-refractivity contribution >= 4 is 17.6 Å². The minimum Gasteiger partial charge on any atom is -0.482 e. The molecule has 1 aromatic rings. The molecule has 116 valence electrons. The Hall–Kier alpha value is -2.08. The van der Waals surface area contributed by atoms with Gasteiger partial charge in [0, 0.05) is 18.9 Å². The maximum Gasteiger partial charge on any atom is 0.343 e. The number of anilines is 1. The zero-order chi connectivity index (χ0) is 15.9. The van der Waals surface area contributed by atoms with Gasteiger partial charge < -0.3 is 19.5 Å². The fourth-order valence-electron chi connectivity index (χ4n) is 1.53. The fraction of sp³-hybridized carbons (Fsp3) is 0.467. The lowest BCUT2D eigenvalue weighted by atomic mass is 10.0. The van der Waals surface area contributed by atoms with E-state index in [-0.39, 0.29) is 18.9 Å². The summed E-state index contributed by atoms with van der Waals surface area (Å²) in [5.41, 5.74) is 0.0672. The third kappa shape index (κ3) is 6.27. The Labute approximate surface area is 124 Å². The van der Waals surface area contributed by atoms with Gasteiger partial charge in [0.2, 0.25) is 5.91 Å². The van der Waals surface area contributed by atoms with Crippen LogP contribution in [-0.2, 0) is 19.1 Å². The van der Waals surface area contributed by atoms with Gasteiger partial charge in [0.1, 0.15) is 5.75 Å². The Morgan fingerprint density at radius 2 is 1.95 bits per heavy atom. The zero-order valence-corrected chi connectivity index (χ0v) is 12.8. The van der Waals surface area contributed by atoms with Crippen molar-refractivity contribution in [2.75, 3.05) is 26.1 Å². The number of rotatable bonds is 7. The lowest BCUT2D eigenvalue weighted by Gasteiger charge is -2.22. The van der Waals surface area contributed by atoms with E-state index in [0.717, 1.165) is 0 Å². The molecule has 0 aliphatic rings. The fourth-order valence-corrected chi connectivity index (χ4v) is 1.53. The van der Waals surface area contributed by atoms with Crippen LogP contribution in [0.15, 0.2) is 24.3 Å². The Balaban J connectivity index is 2.60. The predicted molar refractivity (Wildman–Crippen MR) is 78.3 cm³/mol. The molecule has 0 saturated heterocycles. The molecule has 0 bridgehead atoms. The smallest absolute Gasteiger partial charge is 0.343 e. The van der Waals surface area contributed by atoms with Crippen molar-refractivity contribution in [2.45, 2.75) is 25.9 Å². The van der Waals surface area contributed by atoms with Crippen LogP contribution in [0.5, 0.6) is 5.75 Å². The molecule has 0 saturated carbocycles. The van der Waals surface area contributed by atoms with Crippen LogP contribution in [0, 0.1) is 0 Å². The minimum absolute atomic E-state index is 0.160. The van der Waals surface area contributed by atoms with Crippen LogP contribution in [0.1, 0.15) is 20.3 Å². The van der Waals surface area contributed by atoms with Crippen molar-refractivity contribution in [3.8, 4) is 5.75 Å². The number of ether oxygens (including phenoxy) is 3. The van der Waals surface area contributed by atoms with Crippen molar-refractivity contribution in [1.29, 1.82) is 0 Å². The number of nitrogens with one attached hydrogen (secondary N) is 1. The van der Waals surface area contributed by atoms with Gasteiger partial charge in [-0.15, -0.1) is 0 Å². The average Bonchev–Trinajstić information content (AvgIpc) is 2.44. The largest absolute Gasteiger partial charge is 0.482 e. The van der Waals surface area contributed by atoms with Crippen LogP contribution in [0.25, 0.3) is 0 Å². The van der Waals surface area contributed by atoms with Gasteiger partial charge in [-0.1, -0.05) is 6.07 Å². The summed E-state index contributed by atoms with van der Waals surface area (Å²) in [5, 5.41) is 2.76. The van der Waals surface area contributed by atoms with E-state index < -0.39 is 11.6 Å². The number of hydrogen-bond donors (Lipinski definition) is 1. The lowest BCUT2D eigenvalue weighted by Crippen LogP contribution is -2.29. The third-order valence-corrected chi connectivity index (χ3v) is 2.84. The van der Waals surface area contributed by atoms with E-state index in [1.54, 1.807) is 31.4 Å². The van der Waals surface area contributed by atoms with E-state index in [1.807, 2.05) is 13.8 Å². The van der Waals surface area contributed by atoms with E-state index in [1.165, 1.54) is 7.11 Å². The maximum atomic E-state index is 11.9. The lowest BCUT2D eigenvalue weighted by molar-refractivity contribution is -0.142. The van der Waals surface area contributed by atoms with Crippen LogP contribution < -0.4 is 10.1 Å². The summed E-state index contributed by atoms with van der Waals surface area (Å²) in [6.45, 7) is 3.50. The number of hydrogen-bond acceptors (Lipinski definition) is 5. The van der Waals surface area contributed by atoms with Gasteiger partial charge in [-0.3, -0.25) is 4.79 Å². The molecule has 0 unspecified atom stereocenters. The van der Waals surface area contributed by atoms with Gasteiger partial charge in [-0.05, 0) is 26.0 Å². The van der Waals surface area contributed by atoms with E-state index in [2.05, 4.69) is 10.1 Å². The molecule has 1 N–H and O–H groups in total. The Bertz CT molecular complexity index is 499. The van der Waals surface area contributed by atoms with Gasteiger partial charge in [0.15, 0.2) is 6.61 Å². The van der Waals surface area contributed by atoms with Crippen LogP contribution >= 0.6 is 0 Å². The molecule has 0 spiro atoms. The normalized spacial score (nSPS) is 10.9. The third-order valence-electron chi connectivity index (χ3n) is 2.84. The molecular formula is C15H21NO5. The van der Waals surface area contributed by atoms with Gasteiger partial charge in [0.05, 0.1) is 19.1 Å². The average molecular weight is 295 g/mol. The second-order valence-electron chi connectivity index (χ2n) is 5.08. The molecule has 21 heavy (non-hydrogen) atoms. The topological polar surface area (TPSA) is 73.9 Å². The van der Waals surface area contributed by atoms with Crippen molar-refractivity contribution in [3.05, 3.63) is 24.3 Å². The molecule has 0 atom stereocenters. The highest BCUT2D eigenvalue weighted by atomic mass is 16.6. The molecule has 0 radical (unpaired) electrons. The van der Waals surface area contributed by atoms with Crippen molar-refractivity contribution in [2.24, 2.45) is 0 Å².